The SMILES string of the molecule is CSC(C)CCNC(=O)N[C@@H](C(=O)O)c1ccccc1. The van der Waals surface area contributed by atoms with Crippen LogP contribution in [0.15, 0.2) is 30.3 Å². The van der Waals surface area contributed by atoms with Crippen molar-refractivity contribution in [3.8, 4) is 0 Å². The zero-order valence-electron chi connectivity index (χ0n) is 11.6. The van der Waals surface area contributed by atoms with Crippen molar-refractivity contribution in [2.24, 2.45) is 0 Å². The monoisotopic (exact) mass is 296 g/mol. The number of hydrogen-bond donors (Lipinski definition) is 3. The highest BCUT2D eigenvalue weighted by Gasteiger charge is 2.21. The Labute approximate surface area is 123 Å². The Morgan fingerprint density at radius 1 is 1.30 bits per heavy atom. The van der Waals surface area contributed by atoms with E-state index >= 15 is 0 Å². The molecule has 3 N–H and O–H groups in total. The molecular formula is C14H20N2O3S. The average Bonchev–Trinajstić information content (AvgIpc) is 2.45. The summed E-state index contributed by atoms with van der Waals surface area (Å²) in [5.74, 6) is -1.08. The smallest absolute Gasteiger partial charge is 0.330 e. The summed E-state index contributed by atoms with van der Waals surface area (Å²) in [5.41, 5.74) is 0.549. The number of rotatable bonds is 7. The van der Waals surface area contributed by atoms with Crippen molar-refractivity contribution in [3.05, 3.63) is 35.9 Å². The van der Waals surface area contributed by atoms with Gasteiger partial charge in [-0.1, -0.05) is 37.3 Å². The van der Waals surface area contributed by atoms with Crippen LogP contribution in [-0.4, -0.2) is 35.2 Å². The zero-order valence-corrected chi connectivity index (χ0v) is 12.4. The number of carbonyl (C=O) groups excluding carboxylic acids is 1. The molecule has 0 radical (unpaired) electrons. The van der Waals surface area contributed by atoms with Crippen LogP contribution < -0.4 is 10.6 Å². The molecule has 6 heteroatoms. The van der Waals surface area contributed by atoms with Crippen molar-refractivity contribution in [1.29, 1.82) is 0 Å². The first-order valence-electron chi connectivity index (χ1n) is 6.39. The summed E-state index contributed by atoms with van der Waals surface area (Å²) in [7, 11) is 0. The highest BCUT2D eigenvalue weighted by atomic mass is 32.2. The molecular weight excluding hydrogens is 276 g/mol. The van der Waals surface area contributed by atoms with Crippen LogP contribution in [0.5, 0.6) is 0 Å². The van der Waals surface area contributed by atoms with Gasteiger partial charge in [-0.2, -0.15) is 11.8 Å². The van der Waals surface area contributed by atoms with Gasteiger partial charge in [0, 0.05) is 11.8 Å². The number of thioether (sulfide) groups is 1. The van der Waals surface area contributed by atoms with Crippen molar-refractivity contribution < 1.29 is 14.7 Å². The average molecular weight is 296 g/mol. The van der Waals surface area contributed by atoms with E-state index in [9.17, 15) is 14.7 Å². The molecule has 1 aromatic rings. The van der Waals surface area contributed by atoms with Gasteiger partial charge in [0.25, 0.3) is 0 Å². The summed E-state index contributed by atoms with van der Waals surface area (Å²) in [6, 6.07) is 7.13. The van der Waals surface area contributed by atoms with Crippen LogP contribution in [0.4, 0.5) is 4.79 Å². The first kappa shape index (κ1) is 16.4. The van der Waals surface area contributed by atoms with Gasteiger partial charge in [0.15, 0.2) is 6.04 Å². The quantitative estimate of drug-likeness (QED) is 0.721. The molecule has 2 amide bonds. The van der Waals surface area contributed by atoms with E-state index in [0.717, 1.165) is 6.42 Å². The standard InChI is InChI=1S/C14H20N2O3S/c1-10(20-2)8-9-15-14(19)16-12(13(17)18)11-6-4-3-5-7-11/h3-7,10,12H,8-9H2,1-2H3,(H,17,18)(H2,15,16,19)/t10?,12-/m1/s1. The van der Waals surface area contributed by atoms with E-state index < -0.39 is 18.0 Å². The van der Waals surface area contributed by atoms with Crippen LogP contribution in [0.3, 0.4) is 0 Å². The number of amides is 2. The van der Waals surface area contributed by atoms with Crippen molar-refractivity contribution in [1.82, 2.24) is 10.6 Å². The molecule has 5 nitrogen and oxygen atoms in total. The molecule has 0 aliphatic heterocycles. The second-order valence-corrected chi connectivity index (χ2v) is 5.69. The molecule has 0 saturated heterocycles. The van der Waals surface area contributed by atoms with E-state index in [1.54, 1.807) is 42.1 Å². The van der Waals surface area contributed by atoms with Crippen molar-refractivity contribution in [2.45, 2.75) is 24.6 Å². The van der Waals surface area contributed by atoms with E-state index in [1.807, 2.05) is 6.26 Å². The van der Waals surface area contributed by atoms with E-state index in [-0.39, 0.29) is 0 Å². The molecule has 0 aliphatic rings. The number of aliphatic carboxylic acids is 1. The Hall–Kier alpha value is -1.69. The summed E-state index contributed by atoms with van der Waals surface area (Å²) in [6.07, 6.45) is 2.86. The Morgan fingerprint density at radius 2 is 1.95 bits per heavy atom. The second kappa shape index (κ2) is 8.47. The van der Waals surface area contributed by atoms with Gasteiger partial charge < -0.3 is 15.7 Å². The Morgan fingerprint density at radius 3 is 2.50 bits per heavy atom. The number of carboxylic acids is 1. The lowest BCUT2D eigenvalue weighted by atomic mass is 10.1. The minimum Gasteiger partial charge on any atom is -0.479 e. The third-order valence-corrected chi connectivity index (χ3v) is 3.93. The maximum Gasteiger partial charge on any atom is 0.330 e. The Bertz CT molecular complexity index is 439. The van der Waals surface area contributed by atoms with Gasteiger partial charge in [0.1, 0.15) is 0 Å². The summed E-state index contributed by atoms with van der Waals surface area (Å²) in [5, 5.41) is 14.8. The van der Waals surface area contributed by atoms with Crippen molar-refractivity contribution in [3.63, 3.8) is 0 Å². The van der Waals surface area contributed by atoms with Gasteiger partial charge >= 0.3 is 12.0 Å². The number of benzene rings is 1. The number of hydrogen-bond acceptors (Lipinski definition) is 3. The van der Waals surface area contributed by atoms with Crippen LogP contribution in [-0.2, 0) is 4.79 Å². The fourth-order valence-corrected chi connectivity index (χ4v) is 1.98. The van der Waals surface area contributed by atoms with Crippen LogP contribution >= 0.6 is 11.8 Å². The maximum atomic E-state index is 11.7. The van der Waals surface area contributed by atoms with Crippen molar-refractivity contribution >= 4 is 23.8 Å². The number of carboxylic acid groups (broad SMARTS) is 1. The second-order valence-electron chi connectivity index (χ2n) is 4.42. The molecule has 20 heavy (non-hydrogen) atoms. The molecule has 1 aromatic carbocycles. The molecule has 1 rings (SSSR count). The molecule has 2 atom stereocenters. The van der Waals surface area contributed by atoms with Crippen LogP contribution in [0.25, 0.3) is 0 Å². The topological polar surface area (TPSA) is 78.4 Å². The van der Waals surface area contributed by atoms with Crippen LogP contribution in [0, 0.1) is 0 Å². The first-order valence-corrected chi connectivity index (χ1v) is 7.68. The van der Waals surface area contributed by atoms with Gasteiger partial charge in [-0.25, -0.2) is 9.59 Å². The molecule has 0 fully saturated rings. The molecule has 0 aliphatic carbocycles. The van der Waals surface area contributed by atoms with Crippen LogP contribution in [0.2, 0.25) is 0 Å². The summed E-state index contributed by atoms with van der Waals surface area (Å²) < 4.78 is 0. The van der Waals surface area contributed by atoms with Gasteiger partial charge in [0.05, 0.1) is 0 Å². The largest absolute Gasteiger partial charge is 0.479 e. The molecule has 0 bridgehead atoms. The summed E-state index contributed by atoms with van der Waals surface area (Å²) >= 11 is 1.73. The van der Waals surface area contributed by atoms with E-state index in [1.165, 1.54) is 0 Å². The lowest BCUT2D eigenvalue weighted by Crippen LogP contribution is -2.41. The Kier molecular flexibility index (Phi) is 6.93. The molecule has 0 aromatic heterocycles. The van der Waals surface area contributed by atoms with E-state index in [4.69, 9.17) is 0 Å². The predicted octanol–water partition coefficient (Wildman–Crippen LogP) is 2.25. The van der Waals surface area contributed by atoms with Gasteiger partial charge in [-0.05, 0) is 18.2 Å². The predicted molar refractivity (Wildman–Crippen MR) is 80.9 cm³/mol. The van der Waals surface area contributed by atoms with Crippen LogP contribution in [0.1, 0.15) is 24.9 Å². The zero-order chi connectivity index (χ0) is 15.0. The van der Waals surface area contributed by atoms with Gasteiger partial charge in [-0.3, -0.25) is 0 Å². The molecule has 0 saturated carbocycles. The lowest BCUT2D eigenvalue weighted by molar-refractivity contribution is -0.139. The maximum absolute atomic E-state index is 11.7. The summed E-state index contributed by atoms with van der Waals surface area (Å²) in [4.78, 5) is 22.9. The molecule has 0 spiro atoms. The fourth-order valence-electron chi connectivity index (χ4n) is 1.62. The third-order valence-electron chi connectivity index (χ3n) is 2.89. The highest BCUT2D eigenvalue weighted by Crippen LogP contribution is 2.12. The molecule has 1 unspecified atom stereocenters. The normalized spacial score (nSPS) is 13.3. The minimum absolute atomic E-state index is 0.458. The van der Waals surface area contributed by atoms with Crippen molar-refractivity contribution in [2.75, 3.05) is 12.8 Å². The number of urea groups is 1. The fraction of sp³-hybridized carbons (Fsp3) is 0.429. The highest BCUT2D eigenvalue weighted by molar-refractivity contribution is 7.99. The summed E-state index contributed by atoms with van der Waals surface area (Å²) in [6.45, 7) is 2.60. The van der Waals surface area contributed by atoms with Gasteiger partial charge in [-0.15, -0.1) is 0 Å². The molecule has 110 valence electrons. The minimum atomic E-state index is -1.08. The van der Waals surface area contributed by atoms with E-state index in [2.05, 4.69) is 17.6 Å². The molecule has 0 heterocycles. The van der Waals surface area contributed by atoms with Gasteiger partial charge in [0.2, 0.25) is 0 Å². The number of nitrogens with one attached hydrogen (secondary N) is 2. The first-order chi connectivity index (χ1) is 9.54. The number of carbonyl (C=O) groups is 2. The van der Waals surface area contributed by atoms with E-state index in [0.29, 0.717) is 17.4 Å². The lowest BCUT2D eigenvalue weighted by Gasteiger charge is -2.16. The third kappa shape index (κ3) is 5.52. The Balaban J connectivity index is 2.51.